The quantitative estimate of drug-likeness (QED) is 0.0773. The van der Waals surface area contributed by atoms with Gasteiger partial charge >= 0.3 is 11.9 Å². The van der Waals surface area contributed by atoms with Crippen LogP contribution in [0, 0.1) is 21.0 Å². The first-order valence-corrected chi connectivity index (χ1v) is 13.3. The molecule has 0 aliphatic heterocycles. The predicted molar refractivity (Wildman–Crippen MR) is 157 cm³/mol. The standard InChI is InChI=1S/C27H23I2N3O5/c1-16-4-5-17(2)32(16)20-6-8-21(9-7-20)35-15-22-10-11-25(37-22)27(34)31-30-14-19-12-23(28)26(24(29)13-19)36-18(3)33/h4-14H,15H2,1-3H3,(H,31,34)/b30-14+. The molecule has 1 N–H and O–H groups in total. The molecule has 0 radical (unpaired) electrons. The van der Waals surface area contributed by atoms with Gasteiger partial charge in [0.2, 0.25) is 0 Å². The van der Waals surface area contributed by atoms with E-state index in [0.717, 1.165) is 18.4 Å². The third-order valence-corrected chi connectivity index (χ3v) is 6.88. The summed E-state index contributed by atoms with van der Waals surface area (Å²) in [6.07, 6.45) is 1.51. The number of rotatable bonds is 8. The Morgan fingerprint density at radius 1 is 1.00 bits per heavy atom. The number of benzene rings is 2. The highest BCUT2D eigenvalue weighted by molar-refractivity contribution is 14.1. The Labute approximate surface area is 241 Å². The van der Waals surface area contributed by atoms with E-state index in [1.807, 2.05) is 24.3 Å². The van der Waals surface area contributed by atoms with Crippen molar-refractivity contribution in [1.29, 1.82) is 0 Å². The van der Waals surface area contributed by atoms with Gasteiger partial charge in [0.1, 0.15) is 18.1 Å². The zero-order valence-electron chi connectivity index (χ0n) is 20.2. The summed E-state index contributed by atoms with van der Waals surface area (Å²) in [5.74, 6) is 0.970. The Kier molecular flexibility index (Phi) is 8.69. The minimum Gasteiger partial charge on any atom is -0.486 e. The molecule has 0 aliphatic rings. The summed E-state index contributed by atoms with van der Waals surface area (Å²) in [5, 5.41) is 4.00. The van der Waals surface area contributed by atoms with Crippen molar-refractivity contribution in [2.24, 2.45) is 5.10 Å². The number of amides is 1. The van der Waals surface area contributed by atoms with Crippen molar-refractivity contribution in [1.82, 2.24) is 9.99 Å². The minimum atomic E-state index is -0.481. The molecule has 190 valence electrons. The highest BCUT2D eigenvalue weighted by atomic mass is 127. The van der Waals surface area contributed by atoms with Crippen LogP contribution in [0.5, 0.6) is 11.5 Å². The Hall–Kier alpha value is -3.13. The predicted octanol–water partition coefficient (Wildman–Crippen LogP) is 6.16. The molecule has 4 aromatic rings. The van der Waals surface area contributed by atoms with Crippen LogP contribution >= 0.6 is 45.2 Å². The van der Waals surface area contributed by atoms with Crippen LogP contribution in [0.3, 0.4) is 0 Å². The van der Waals surface area contributed by atoms with Gasteiger partial charge in [-0.2, -0.15) is 5.10 Å². The summed E-state index contributed by atoms with van der Waals surface area (Å²) in [7, 11) is 0. The lowest BCUT2D eigenvalue weighted by Gasteiger charge is -2.10. The van der Waals surface area contributed by atoms with Gasteiger partial charge in [-0.05, 0) is 125 Å². The SMILES string of the molecule is CC(=O)Oc1c(I)cc(/C=N/NC(=O)c2ccc(COc3ccc(-n4c(C)ccc4C)cc3)o2)cc1I. The van der Waals surface area contributed by atoms with Crippen LogP contribution in [0.15, 0.2) is 70.2 Å². The number of nitrogens with zero attached hydrogens (tertiary/aromatic N) is 2. The second-order valence-corrected chi connectivity index (χ2v) is 10.4. The van der Waals surface area contributed by atoms with Crippen molar-refractivity contribution in [3.05, 3.63) is 96.3 Å². The molecule has 37 heavy (non-hydrogen) atoms. The van der Waals surface area contributed by atoms with E-state index in [4.69, 9.17) is 13.9 Å². The molecule has 10 heteroatoms. The molecule has 0 saturated carbocycles. The van der Waals surface area contributed by atoms with Crippen LogP contribution in [0.2, 0.25) is 0 Å². The number of furan rings is 1. The maximum absolute atomic E-state index is 12.4. The first kappa shape index (κ1) is 26.9. The summed E-state index contributed by atoms with van der Waals surface area (Å²) in [6, 6.07) is 18.8. The number of hydrazone groups is 1. The molecule has 1 amide bonds. The van der Waals surface area contributed by atoms with E-state index in [1.165, 1.54) is 24.5 Å². The topological polar surface area (TPSA) is 95.1 Å². The number of aromatic nitrogens is 1. The third-order valence-electron chi connectivity index (χ3n) is 5.28. The van der Waals surface area contributed by atoms with Gasteiger partial charge < -0.3 is 18.5 Å². The second kappa shape index (κ2) is 11.9. The monoisotopic (exact) mass is 723 g/mol. The van der Waals surface area contributed by atoms with Gasteiger partial charge in [-0.3, -0.25) is 9.59 Å². The highest BCUT2D eigenvalue weighted by Crippen LogP contribution is 2.28. The van der Waals surface area contributed by atoms with E-state index in [-0.39, 0.29) is 18.3 Å². The van der Waals surface area contributed by atoms with Crippen LogP contribution in [0.1, 0.15) is 40.2 Å². The van der Waals surface area contributed by atoms with Gasteiger partial charge in [0.05, 0.1) is 13.4 Å². The van der Waals surface area contributed by atoms with E-state index in [2.05, 4.69) is 86.3 Å². The molecule has 0 spiro atoms. The Morgan fingerprint density at radius 3 is 2.27 bits per heavy atom. The fraction of sp³-hybridized carbons (Fsp3) is 0.148. The lowest BCUT2D eigenvalue weighted by atomic mass is 10.2. The molecule has 0 aliphatic carbocycles. The molecule has 0 bridgehead atoms. The average molecular weight is 723 g/mol. The van der Waals surface area contributed by atoms with Gasteiger partial charge in [0, 0.05) is 24.0 Å². The normalized spacial score (nSPS) is 11.1. The zero-order chi connectivity index (χ0) is 26.5. The first-order valence-electron chi connectivity index (χ1n) is 11.2. The fourth-order valence-corrected chi connectivity index (χ4v) is 5.65. The van der Waals surface area contributed by atoms with Crippen molar-refractivity contribution in [3.8, 4) is 17.2 Å². The molecule has 0 atom stereocenters. The van der Waals surface area contributed by atoms with Gasteiger partial charge in [-0.1, -0.05) is 0 Å². The number of ether oxygens (including phenoxy) is 2. The van der Waals surface area contributed by atoms with E-state index in [1.54, 1.807) is 24.3 Å². The molecule has 2 aromatic heterocycles. The molecule has 2 aromatic carbocycles. The van der Waals surface area contributed by atoms with Crippen LogP contribution in [0.4, 0.5) is 0 Å². The van der Waals surface area contributed by atoms with E-state index < -0.39 is 5.91 Å². The van der Waals surface area contributed by atoms with Gasteiger partial charge in [-0.15, -0.1) is 0 Å². The second-order valence-electron chi connectivity index (χ2n) is 8.11. The maximum Gasteiger partial charge on any atom is 0.308 e. The number of nitrogens with one attached hydrogen (secondary N) is 1. The number of hydrogen-bond acceptors (Lipinski definition) is 6. The molecule has 0 saturated heterocycles. The number of hydrogen-bond donors (Lipinski definition) is 1. The number of carbonyl (C=O) groups excluding carboxylic acids is 2. The van der Waals surface area contributed by atoms with Crippen LogP contribution in [-0.4, -0.2) is 22.7 Å². The summed E-state index contributed by atoms with van der Waals surface area (Å²) >= 11 is 4.16. The van der Waals surface area contributed by atoms with E-state index in [9.17, 15) is 9.59 Å². The fourth-order valence-electron chi connectivity index (χ4n) is 3.61. The number of carbonyl (C=O) groups is 2. The van der Waals surface area contributed by atoms with E-state index >= 15 is 0 Å². The Bertz CT molecular complexity index is 1430. The lowest BCUT2D eigenvalue weighted by Crippen LogP contribution is -2.16. The van der Waals surface area contributed by atoms with Crippen molar-refractivity contribution < 1.29 is 23.5 Å². The van der Waals surface area contributed by atoms with Crippen LogP contribution in [-0.2, 0) is 11.4 Å². The minimum absolute atomic E-state index is 0.124. The number of aryl methyl sites for hydroxylation is 2. The summed E-state index contributed by atoms with van der Waals surface area (Å²) in [6.45, 7) is 5.67. The molecule has 8 nitrogen and oxygen atoms in total. The number of halogens is 2. The maximum atomic E-state index is 12.4. The third kappa shape index (κ3) is 6.80. The smallest absolute Gasteiger partial charge is 0.308 e. The average Bonchev–Trinajstić information content (AvgIpc) is 3.46. The molecule has 2 heterocycles. The first-order chi connectivity index (χ1) is 17.7. The van der Waals surface area contributed by atoms with Gasteiger partial charge in [0.25, 0.3) is 0 Å². The largest absolute Gasteiger partial charge is 0.486 e. The zero-order valence-corrected chi connectivity index (χ0v) is 24.6. The summed E-state index contributed by atoms with van der Waals surface area (Å²) < 4.78 is 20.3. The van der Waals surface area contributed by atoms with Crippen molar-refractivity contribution in [2.75, 3.05) is 0 Å². The summed E-state index contributed by atoms with van der Waals surface area (Å²) in [5.41, 5.74) is 6.59. The molecular formula is C27H23I2N3O5. The van der Waals surface area contributed by atoms with Crippen molar-refractivity contribution in [3.63, 3.8) is 0 Å². The van der Waals surface area contributed by atoms with Crippen molar-refractivity contribution in [2.45, 2.75) is 27.4 Å². The van der Waals surface area contributed by atoms with Crippen LogP contribution < -0.4 is 14.9 Å². The highest BCUT2D eigenvalue weighted by Gasteiger charge is 2.13. The van der Waals surface area contributed by atoms with Crippen LogP contribution in [0.25, 0.3) is 5.69 Å². The molecule has 0 fully saturated rings. The van der Waals surface area contributed by atoms with E-state index in [0.29, 0.717) is 17.3 Å². The Morgan fingerprint density at radius 2 is 1.65 bits per heavy atom. The van der Waals surface area contributed by atoms with Gasteiger partial charge in [0.15, 0.2) is 11.5 Å². The molecule has 0 unspecified atom stereocenters. The Balaban J connectivity index is 1.31. The van der Waals surface area contributed by atoms with Gasteiger partial charge in [-0.25, -0.2) is 5.43 Å². The molecular weight excluding hydrogens is 700 g/mol. The molecule has 4 rings (SSSR count). The number of esters is 1. The van der Waals surface area contributed by atoms with Crippen molar-refractivity contribution >= 4 is 63.3 Å². The summed E-state index contributed by atoms with van der Waals surface area (Å²) in [4.78, 5) is 23.7. The lowest BCUT2D eigenvalue weighted by molar-refractivity contribution is -0.132.